The summed E-state index contributed by atoms with van der Waals surface area (Å²) in [4.78, 5) is 22.3. The lowest BCUT2D eigenvalue weighted by Gasteiger charge is -2.15. The van der Waals surface area contributed by atoms with Gasteiger partial charge in [0.1, 0.15) is 12.9 Å². The summed E-state index contributed by atoms with van der Waals surface area (Å²) in [5.41, 5.74) is 4.71. The maximum Gasteiger partial charge on any atom is 0.407 e. The largest absolute Gasteiger partial charge is 0.449 e. The standard InChI is InChI=1S/C18H17NO3/c1-12(10-20)19-18(21)22-11-17-15-8-4-2-6-13(15)14-7-3-5-9-16(14)17/h2-10,12,17H,11H2,1H3,(H,19,21)/t12-/m0/s1. The van der Waals surface area contributed by atoms with Crippen molar-refractivity contribution < 1.29 is 14.3 Å². The molecule has 22 heavy (non-hydrogen) atoms. The van der Waals surface area contributed by atoms with Gasteiger partial charge in [0, 0.05) is 5.92 Å². The molecular weight excluding hydrogens is 278 g/mol. The monoisotopic (exact) mass is 295 g/mol. The Morgan fingerprint density at radius 3 is 2.23 bits per heavy atom. The van der Waals surface area contributed by atoms with Gasteiger partial charge in [-0.25, -0.2) is 4.79 Å². The van der Waals surface area contributed by atoms with Gasteiger partial charge in [0.05, 0.1) is 6.04 Å². The van der Waals surface area contributed by atoms with Crippen molar-refractivity contribution in [3.63, 3.8) is 0 Å². The average molecular weight is 295 g/mol. The SMILES string of the molecule is C[C@@H](C=O)NC(=O)OCC1c2ccccc2-c2ccccc21. The van der Waals surface area contributed by atoms with Crippen LogP contribution in [0.15, 0.2) is 48.5 Å². The molecule has 0 saturated carbocycles. The minimum atomic E-state index is -0.568. The Kier molecular flexibility index (Phi) is 3.92. The van der Waals surface area contributed by atoms with Crippen LogP contribution in [0, 0.1) is 0 Å². The molecule has 3 rings (SSSR count). The summed E-state index contributed by atoms with van der Waals surface area (Å²) in [6.07, 6.45) is 0.1000. The summed E-state index contributed by atoms with van der Waals surface area (Å²) in [5, 5.41) is 2.47. The maximum absolute atomic E-state index is 11.7. The van der Waals surface area contributed by atoms with E-state index in [0.717, 1.165) is 0 Å². The Hall–Kier alpha value is -2.62. The van der Waals surface area contributed by atoms with Gasteiger partial charge in [-0.3, -0.25) is 0 Å². The molecule has 1 N–H and O–H groups in total. The van der Waals surface area contributed by atoms with E-state index in [2.05, 4.69) is 29.6 Å². The van der Waals surface area contributed by atoms with E-state index >= 15 is 0 Å². The lowest BCUT2D eigenvalue weighted by atomic mass is 9.98. The highest BCUT2D eigenvalue weighted by Gasteiger charge is 2.29. The molecule has 0 bridgehead atoms. The zero-order chi connectivity index (χ0) is 15.5. The van der Waals surface area contributed by atoms with Crippen molar-refractivity contribution in [2.24, 2.45) is 0 Å². The summed E-state index contributed by atoms with van der Waals surface area (Å²) in [5.74, 6) is 0.0321. The Morgan fingerprint density at radius 2 is 1.68 bits per heavy atom. The second-order valence-electron chi connectivity index (χ2n) is 5.39. The smallest absolute Gasteiger partial charge is 0.407 e. The predicted molar refractivity (Wildman–Crippen MR) is 83.7 cm³/mol. The van der Waals surface area contributed by atoms with Gasteiger partial charge >= 0.3 is 6.09 Å². The number of carbonyl (C=O) groups is 2. The zero-order valence-electron chi connectivity index (χ0n) is 12.3. The first-order chi connectivity index (χ1) is 10.7. The van der Waals surface area contributed by atoms with Crippen molar-refractivity contribution in [2.45, 2.75) is 18.9 Å². The van der Waals surface area contributed by atoms with E-state index in [0.29, 0.717) is 6.29 Å². The summed E-state index contributed by atoms with van der Waals surface area (Å²) in [6.45, 7) is 1.86. The molecule has 4 heteroatoms. The van der Waals surface area contributed by atoms with Crippen molar-refractivity contribution in [3.05, 3.63) is 59.7 Å². The third kappa shape index (κ3) is 2.60. The summed E-state index contributed by atoms with van der Waals surface area (Å²) < 4.78 is 5.30. The number of rotatable bonds is 4. The van der Waals surface area contributed by atoms with Crippen LogP contribution in [0.3, 0.4) is 0 Å². The van der Waals surface area contributed by atoms with Crippen molar-refractivity contribution in [1.29, 1.82) is 0 Å². The molecule has 0 fully saturated rings. The number of carbonyl (C=O) groups excluding carboxylic acids is 2. The summed E-state index contributed by atoms with van der Waals surface area (Å²) in [6, 6.07) is 15.8. The summed E-state index contributed by atoms with van der Waals surface area (Å²) in [7, 11) is 0. The molecular formula is C18H17NO3. The Morgan fingerprint density at radius 1 is 1.14 bits per heavy atom. The van der Waals surface area contributed by atoms with Gasteiger partial charge in [-0.05, 0) is 29.2 Å². The topological polar surface area (TPSA) is 55.4 Å². The van der Waals surface area contributed by atoms with Crippen LogP contribution in [0.1, 0.15) is 24.0 Å². The van der Waals surface area contributed by atoms with Crippen molar-refractivity contribution in [3.8, 4) is 11.1 Å². The van der Waals surface area contributed by atoms with E-state index in [9.17, 15) is 9.59 Å². The first-order valence-corrected chi connectivity index (χ1v) is 7.27. The quantitative estimate of drug-likeness (QED) is 0.882. The van der Waals surface area contributed by atoms with Gasteiger partial charge in [0.2, 0.25) is 0 Å². The van der Waals surface area contributed by atoms with E-state index in [1.54, 1.807) is 6.92 Å². The van der Waals surface area contributed by atoms with Crippen LogP contribution in [0.4, 0.5) is 4.79 Å². The van der Waals surface area contributed by atoms with Crippen molar-refractivity contribution in [1.82, 2.24) is 5.32 Å². The van der Waals surface area contributed by atoms with Gasteiger partial charge in [-0.1, -0.05) is 48.5 Å². The lowest BCUT2D eigenvalue weighted by molar-refractivity contribution is -0.109. The molecule has 1 aliphatic carbocycles. The van der Waals surface area contributed by atoms with E-state index in [-0.39, 0.29) is 12.5 Å². The fourth-order valence-corrected chi connectivity index (χ4v) is 2.86. The number of hydrogen-bond donors (Lipinski definition) is 1. The number of fused-ring (bicyclic) bond motifs is 3. The zero-order valence-corrected chi connectivity index (χ0v) is 12.3. The second-order valence-corrected chi connectivity index (χ2v) is 5.39. The lowest BCUT2D eigenvalue weighted by Crippen LogP contribution is -2.34. The van der Waals surface area contributed by atoms with Crippen LogP contribution in [0.25, 0.3) is 11.1 Å². The predicted octanol–water partition coefficient (Wildman–Crippen LogP) is 3.11. The molecule has 2 aromatic rings. The second kappa shape index (κ2) is 6.02. The molecule has 0 radical (unpaired) electrons. The van der Waals surface area contributed by atoms with E-state index in [1.165, 1.54) is 22.3 Å². The normalized spacial score (nSPS) is 13.9. The molecule has 0 aliphatic heterocycles. The Balaban J connectivity index is 1.79. The van der Waals surface area contributed by atoms with Crippen LogP contribution in [0.2, 0.25) is 0 Å². The number of benzene rings is 2. The number of aldehydes is 1. The molecule has 1 aliphatic rings. The van der Waals surface area contributed by atoms with Crippen LogP contribution in [-0.2, 0) is 9.53 Å². The maximum atomic E-state index is 11.7. The van der Waals surface area contributed by atoms with Gasteiger partial charge in [-0.2, -0.15) is 0 Å². The van der Waals surface area contributed by atoms with Crippen LogP contribution >= 0.6 is 0 Å². The molecule has 0 spiro atoms. The molecule has 1 amide bonds. The van der Waals surface area contributed by atoms with Crippen LogP contribution in [0.5, 0.6) is 0 Å². The van der Waals surface area contributed by atoms with E-state index in [1.807, 2.05) is 24.3 Å². The summed E-state index contributed by atoms with van der Waals surface area (Å²) >= 11 is 0. The number of ether oxygens (including phenoxy) is 1. The average Bonchev–Trinajstić information content (AvgIpc) is 2.87. The van der Waals surface area contributed by atoms with Gasteiger partial charge in [0.25, 0.3) is 0 Å². The van der Waals surface area contributed by atoms with Crippen molar-refractivity contribution >= 4 is 12.4 Å². The van der Waals surface area contributed by atoms with E-state index < -0.39 is 12.1 Å². The third-order valence-corrected chi connectivity index (χ3v) is 3.89. The van der Waals surface area contributed by atoms with Gasteiger partial charge in [0.15, 0.2) is 0 Å². The van der Waals surface area contributed by atoms with Gasteiger partial charge in [-0.15, -0.1) is 0 Å². The molecule has 0 saturated heterocycles. The fraction of sp³-hybridized carbons (Fsp3) is 0.222. The molecule has 112 valence electrons. The molecule has 0 aromatic heterocycles. The highest BCUT2D eigenvalue weighted by molar-refractivity contribution is 5.79. The first kappa shape index (κ1) is 14.3. The molecule has 4 nitrogen and oxygen atoms in total. The Bertz CT molecular complexity index is 665. The van der Waals surface area contributed by atoms with Crippen LogP contribution < -0.4 is 5.32 Å². The number of nitrogens with one attached hydrogen (secondary N) is 1. The number of alkyl carbamates (subject to hydrolysis) is 1. The molecule has 2 aromatic carbocycles. The van der Waals surface area contributed by atoms with Gasteiger partial charge < -0.3 is 14.8 Å². The number of hydrogen-bond acceptors (Lipinski definition) is 3. The highest BCUT2D eigenvalue weighted by Crippen LogP contribution is 2.44. The first-order valence-electron chi connectivity index (χ1n) is 7.27. The molecule has 1 atom stereocenters. The van der Waals surface area contributed by atoms with Crippen molar-refractivity contribution in [2.75, 3.05) is 6.61 Å². The highest BCUT2D eigenvalue weighted by atomic mass is 16.5. The minimum absolute atomic E-state index is 0.0321. The minimum Gasteiger partial charge on any atom is -0.449 e. The fourth-order valence-electron chi connectivity index (χ4n) is 2.86. The molecule has 0 heterocycles. The molecule has 0 unspecified atom stereocenters. The van der Waals surface area contributed by atoms with Crippen LogP contribution in [-0.4, -0.2) is 25.0 Å². The third-order valence-electron chi connectivity index (χ3n) is 3.89. The number of amides is 1. The van der Waals surface area contributed by atoms with E-state index in [4.69, 9.17) is 4.74 Å². The Labute approximate surface area is 129 Å².